The summed E-state index contributed by atoms with van der Waals surface area (Å²) in [5.74, 6) is 1.26. The Morgan fingerprint density at radius 3 is 2.29 bits per heavy atom. The lowest BCUT2D eigenvalue weighted by atomic mass is 9.87. The third-order valence-corrected chi connectivity index (χ3v) is 5.04. The van der Waals surface area contributed by atoms with Gasteiger partial charge in [-0.1, -0.05) is 62.9 Å². The number of nitrogens with zero attached hydrogens (tertiary/aromatic N) is 4. The molecule has 0 atom stereocenters. The number of benzene rings is 2. The van der Waals surface area contributed by atoms with E-state index < -0.39 is 0 Å². The van der Waals surface area contributed by atoms with Crippen LogP contribution in [-0.4, -0.2) is 26.0 Å². The van der Waals surface area contributed by atoms with Crippen LogP contribution in [0.5, 0.6) is 11.6 Å². The van der Waals surface area contributed by atoms with Gasteiger partial charge in [0.15, 0.2) is 10.8 Å². The Morgan fingerprint density at radius 2 is 1.64 bits per heavy atom. The Hall–Kier alpha value is -2.86. The molecule has 0 fully saturated rings. The number of fused-ring (bicyclic) bond motifs is 1. The highest BCUT2D eigenvalue weighted by Gasteiger charge is 2.17. The monoisotopic (exact) mass is 390 g/mol. The molecule has 2 heterocycles. The fraction of sp³-hybridized carbons (Fsp3) is 0.227. The van der Waals surface area contributed by atoms with Gasteiger partial charge in [0.1, 0.15) is 11.1 Å². The van der Waals surface area contributed by atoms with Gasteiger partial charge in [-0.2, -0.15) is 10.1 Å². The lowest BCUT2D eigenvalue weighted by Gasteiger charge is -2.19. The largest absolute Gasteiger partial charge is 0.438 e. The van der Waals surface area contributed by atoms with Crippen LogP contribution in [0.25, 0.3) is 16.7 Å². The molecule has 28 heavy (non-hydrogen) atoms. The Labute approximate surface area is 168 Å². The number of hydrogen-bond acceptors (Lipinski definition) is 5. The van der Waals surface area contributed by atoms with Crippen molar-refractivity contribution in [1.29, 1.82) is 0 Å². The molecule has 0 saturated heterocycles. The zero-order chi connectivity index (χ0) is 19.7. The molecule has 0 saturated carbocycles. The number of para-hydroxylation sites is 1. The number of aromatic nitrogens is 4. The summed E-state index contributed by atoms with van der Waals surface area (Å²) in [6.07, 6.45) is 3.71. The number of thioether (sulfide) groups is 1. The molecule has 0 unspecified atom stereocenters. The van der Waals surface area contributed by atoms with E-state index in [1.54, 1.807) is 6.20 Å². The molecule has 0 spiro atoms. The molecular weight excluding hydrogens is 368 g/mol. The fourth-order valence-corrected chi connectivity index (χ4v) is 3.28. The van der Waals surface area contributed by atoms with Crippen molar-refractivity contribution < 1.29 is 4.74 Å². The molecule has 4 aromatic rings. The summed E-state index contributed by atoms with van der Waals surface area (Å²) in [4.78, 5) is 9.22. The van der Waals surface area contributed by atoms with Gasteiger partial charge in [-0.05, 0) is 41.5 Å². The summed E-state index contributed by atoms with van der Waals surface area (Å²) in [6, 6.07) is 18.1. The number of ether oxygens (including phenoxy) is 1. The van der Waals surface area contributed by atoms with E-state index in [1.165, 1.54) is 17.3 Å². The lowest BCUT2D eigenvalue weighted by Crippen LogP contribution is -2.10. The molecule has 0 amide bonds. The highest BCUT2D eigenvalue weighted by atomic mass is 32.2. The van der Waals surface area contributed by atoms with Crippen LogP contribution in [0.1, 0.15) is 26.3 Å². The van der Waals surface area contributed by atoms with Crippen molar-refractivity contribution in [3.63, 3.8) is 0 Å². The Bertz CT molecular complexity index is 1100. The third-order valence-electron chi connectivity index (χ3n) is 4.49. The Balaban J connectivity index is 1.76. The van der Waals surface area contributed by atoms with Crippen molar-refractivity contribution in [2.75, 3.05) is 6.26 Å². The average molecular weight is 391 g/mol. The highest BCUT2D eigenvalue weighted by molar-refractivity contribution is 7.98. The second-order valence-electron chi connectivity index (χ2n) is 7.52. The lowest BCUT2D eigenvalue weighted by molar-refractivity contribution is 0.462. The topological polar surface area (TPSA) is 52.8 Å². The van der Waals surface area contributed by atoms with Crippen LogP contribution in [0, 0.1) is 0 Å². The summed E-state index contributed by atoms with van der Waals surface area (Å²) in [5.41, 5.74) is 3.04. The van der Waals surface area contributed by atoms with Gasteiger partial charge in [-0.15, -0.1) is 0 Å². The maximum atomic E-state index is 6.13. The standard InChI is InChI=1S/C22H22N4OS/c1-22(2,3)15-10-12-17(13-11-15)27-20-18-14-23-26(16-8-6-5-7-9-16)19(18)24-21(25-20)28-4/h5-14H,1-4H3. The van der Waals surface area contributed by atoms with Crippen molar-refractivity contribution in [2.45, 2.75) is 31.3 Å². The van der Waals surface area contributed by atoms with Gasteiger partial charge in [0, 0.05) is 0 Å². The van der Waals surface area contributed by atoms with E-state index in [-0.39, 0.29) is 5.41 Å². The molecule has 2 aromatic carbocycles. The van der Waals surface area contributed by atoms with Gasteiger partial charge in [0.25, 0.3) is 0 Å². The SMILES string of the molecule is CSc1nc(Oc2ccc(C(C)(C)C)cc2)c2cnn(-c3ccccc3)c2n1. The van der Waals surface area contributed by atoms with Crippen molar-refractivity contribution in [3.05, 3.63) is 66.4 Å². The minimum Gasteiger partial charge on any atom is -0.438 e. The van der Waals surface area contributed by atoms with E-state index in [9.17, 15) is 0 Å². The molecule has 2 aromatic heterocycles. The van der Waals surface area contributed by atoms with E-state index in [0.717, 1.165) is 22.5 Å². The van der Waals surface area contributed by atoms with Crippen LogP contribution in [0.2, 0.25) is 0 Å². The molecule has 0 aliphatic carbocycles. The average Bonchev–Trinajstić information content (AvgIpc) is 3.12. The van der Waals surface area contributed by atoms with Gasteiger partial charge in [-0.3, -0.25) is 0 Å². The first-order valence-corrected chi connectivity index (χ1v) is 10.3. The zero-order valence-corrected chi connectivity index (χ0v) is 17.2. The fourth-order valence-electron chi connectivity index (χ4n) is 2.92. The first-order valence-electron chi connectivity index (χ1n) is 9.09. The van der Waals surface area contributed by atoms with Crippen LogP contribution in [0.4, 0.5) is 0 Å². The number of rotatable bonds is 4. The summed E-state index contributed by atoms with van der Waals surface area (Å²) in [7, 11) is 0. The first kappa shape index (κ1) is 18.5. The van der Waals surface area contributed by atoms with Crippen LogP contribution in [-0.2, 0) is 5.41 Å². The Morgan fingerprint density at radius 1 is 0.929 bits per heavy atom. The molecule has 0 radical (unpaired) electrons. The molecule has 0 bridgehead atoms. The predicted molar refractivity (Wildman–Crippen MR) is 114 cm³/mol. The molecule has 0 N–H and O–H groups in total. The van der Waals surface area contributed by atoms with Crippen molar-refractivity contribution in [1.82, 2.24) is 19.7 Å². The van der Waals surface area contributed by atoms with E-state index in [4.69, 9.17) is 4.74 Å². The summed E-state index contributed by atoms with van der Waals surface area (Å²) >= 11 is 1.48. The highest BCUT2D eigenvalue weighted by Crippen LogP contribution is 2.31. The van der Waals surface area contributed by atoms with E-state index in [1.807, 2.05) is 53.4 Å². The smallest absolute Gasteiger partial charge is 0.234 e. The van der Waals surface area contributed by atoms with E-state index in [2.05, 4.69) is 48.0 Å². The van der Waals surface area contributed by atoms with Gasteiger partial charge in [-0.25, -0.2) is 9.67 Å². The summed E-state index contributed by atoms with van der Waals surface area (Å²) in [5, 5.41) is 5.94. The van der Waals surface area contributed by atoms with Gasteiger partial charge >= 0.3 is 0 Å². The second-order valence-corrected chi connectivity index (χ2v) is 8.29. The molecule has 5 nitrogen and oxygen atoms in total. The molecule has 0 aliphatic rings. The summed E-state index contributed by atoms with van der Waals surface area (Å²) in [6.45, 7) is 6.58. The van der Waals surface area contributed by atoms with Crippen LogP contribution in [0.3, 0.4) is 0 Å². The number of hydrogen-bond donors (Lipinski definition) is 0. The molecule has 142 valence electrons. The van der Waals surface area contributed by atoms with Gasteiger partial charge < -0.3 is 4.74 Å². The molecule has 0 aliphatic heterocycles. The van der Waals surface area contributed by atoms with E-state index in [0.29, 0.717) is 11.0 Å². The predicted octanol–water partition coefficient (Wildman–Crippen LogP) is 5.63. The van der Waals surface area contributed by atoms with Crippen molar-refractivity contribution >= 4 is 22.8 Å². The Kier molecular flexibility index (Phi) is 4.81. The molecule has 6 heteroatoms. The molecular formula is C22H22N4OS. The second kappa shape index (κ2) is 7.28. The van der Waals surface area contributed by atoms with Gasteiger partial charge in [0.05, 0.1) is 11.9 Å². The van der Waals surface area contributed by atoms with Crippen LogP contribution in [0.15, 0.2) is 66.0 Å². The zero-order valence-electron chi connectivity index (χ0n) is 16.4. The minimum atomic E-state index is 0.101. The maximum absolute atomic E-state index is 6.13. The van der Waals surface area contributed by atoms with Crippen molar-refractivity contribution in [2.24, 2.45) is 0 Å². The molecule has 4 rings (SSSR count). The first-order chi connectivity index (χ1) is 13.5. The quantitative estimate of drug-likeness (QED) is 0.334. The van der Waals surface area contributed by atoms with E-state index >= 15 is 0 Å². The van der Waals surface area contributed by atoms with Crippen molar-refractivity contribution in [3.8, 4) is 17.3 Å². The van der Waals surface area contributed by atoms with Crippen LogP contribution >= 0.6 is 11.8 Å². The minimum absolute atomic E-state index is 0.101. The maximum Gasteiger partial charge on any atom is 0.234 e. The normalized spacial score (nSPS) is 11.7. The van der Waals surface area contributed by atoms with Gasteiger partial charge in [0.2, 0.25) is 5.88 Å². The third kappa shape index (κ3) is 3.60. The summed E-state index contributed by atoms with van der Waals surface area (Å²) < 4.78 is 7.95. The van der Waals surface area contributed by atoms with Crippen LogP contribution < -0.4 is 4.74 Å².